The van der Waals surface area contributed by atoms with Gasteiger partial charge in [-0.15, -0.1) is 0 Å². The average molecular weight is 281 g/mol. The zero-order valence-corrected chi connectivity index (χ0v) is 11.5. The molecule has 0 aromatic heterocycles. The lowest BCUT2D eigenvalue weighted by molar-refractivity contribution is -0.136. The third-order valence-corrected chi connectivity index (χ3v) is 3.64. The van der Waals surface area contributed by atoms with Crippen LogP contribution in [0.15, 0.2) is 65.8 Å². The van der Waals surface area contributed by atoms with Crippen molar-refractivity contribution in [1.82, 2.24) is 10.5 Å². The lowest BCUT2D eigenvalue weighted by Crippen LogP contribution is -2.53. The zero-order valence-electron chi connectivity index (χ0n) is 11.5. The average Bonchev–Trinajstić information content (AvgIpc) is 2.81. The maximum Gasteiger partial charge on any atom is 0.275 e. The normalized spacial score (nSPS) is 21.5. The number of hydrazone groups is 1. The van der Waals surface area contributed by atoms with Gasteiger partial charge in [-0.05, 0) is 5.56 Å². The molecule has 0 saturated carbocycles. The van der Waals surface area contributed by atoms with Gasteiger partial charge in [-0.2, -0.15) is 10.6 Å². The number of rotatable bonds is 3. The van der Waals surface area contributed by atoms with Gasteiger partial charge >= 0.3 is 0 Å². The van der Waals surface area contributed by atoms with Crippen LogP contribution in [-0.4, -0.2) is 28.9 Å². The van der Waals surface area contributed by atoms with Crippen molar-refractivity contribution >= 4 is 11.6 Å². The zero-order chi connectivity index (χ0) is 14.9. The van der Waals surface area contributed by atoms with Crippen LogP contribution in [0.3, 0.4) is 0 Å². The van der Waals surface area contributed by atoms with Crippen molar-refractivity contribution in [3.8, 4) is 0 Å². The monoisotopic (exact) mass is 281 g/mol. The number of likely N-dealkylation sites (N-methyl/N-ethyl adjacent to an activating group) is 1. The Bertz CT molecular complexity index is 685. The van der Waals surface area contributed by atoms with E-state index in [0.29, 0.717) is 11.3 Å². The quantitative estimate of drug-likeness (QED) is 0.842. The Labute approximate surface area is 122 Å². The number of nitrogens with one attached hydrogen (secondary N) is 1. The van der Waals surface area contributed by atoms with Crippen LogP contribution in [0.4, 0.5) is 0 Å². The molecule has 5 nitrogen and oxygen atoms in total. The Kier molecular flexibility index (Phi) is 3.29. The van der Waals surface area contributed by atoms with Gasteiger partial charge in [0.2, 0.25) is 0 Å². The predicted octanol–water partition coefficient (Wildman–Crippen LogP) is 1.74. The first-order chi connectivity index (χ1) is 10.2. The van der Waals surface area contributed by atoms with E-state index in [1.54, 1.807) is 19.2 Å². The molecule has 0 fully saturated rings. The lowest BCUT2D eigenvalue weighted by atomic mass is 9.82. The van der Waals surface area contributed by atoms with Gasteiger partial charge in [0.25, 0.3) is 5.91 Å². The Hall–Kier alpha value is -2.50. The first-order valence-electron chi connectivity index (χ1n) is 6.59. The summed E-state index contributed by atoms with van der Waals surface area (Å²) in [6.07, 6.45) is 0. The fourth-order valence-electron chi connectivity index (χ4n) is 2.60. The van der Waals surface area contributed by atoms with Gasteiger partial charge in [0.15, 0.2) is 5.54 Å². The number of hydroxylamine groups is 1. The summed E-state index contributed by atoms with van der Waals surface area (Å²) in [6.45, 7) is 0. The van der Waals surface area contributed by atoms with E-state index in [1.807, 2.05) is 48.5 Å². The molecule has 0 radical (unpaired) electrons. The van der Waals surface area contributed by atoms with Crippen LogP contribution in [0.2, 0.25) is 0 Å². The smallest absolute Gasteiger partial charge is 0.275 e. The number of nitrogens with zero attached hydrogens (tertiary/aromatic N) is 2. The van der Waals surface area contributed by atoms with Crippen LogP contribution < -0.4 is 5.48 Å². The second-order valence-corrected chi connectivity index (χ2v) is 4.87. The Morgan fingerprint density at radius 2 is 1.62 bits per heavy atom. The Morgan fingerprint density at radius 3 is 2.19 bits per heavy atom. The van der Waals surface area contributed by atoms with E-state index in [9.17, 15) is 10.0 Å². The molecule has 0 aliphatic carbocycles. The molecule has 106 valence electrons. The molecule has 1 amide bonds. The van der Waals surface area contributed by atoms with E-state index in [2.05, 4.69) is 10.6 Å². The van der Waals surface area contributed by atoms with Crippen LogP contribution in [0, 0.1) is 0 Å². The van der Waals surface area contributed by atoms with Crippen LogP contribution in [0.5, 0.6) is 0 Å². The molecule has 0 bridgehead atoms. The van der Waals surface area contributed by atoms with Crippen LogP contribution in [-0.2, 0) is 10.3 Å². The first kappa shape index (κ1) is 13.5. The molecular weight excluding hydrogens is 266 g/mol. The molecular formula is C16H15N3O2. The maximum atomic E-state index is 12.6. The number of amides is 1. The first-order valence-corrected chi connectivity index (χ1v) is 6.59. The number of hydrogen-bond donors (Lipinski definition) is 2. The van der Waals surface area contributed by atoms with Crippen molar-refractivity contribution in [3.05, 3.63) is 71.8 Å². The van der Waals surface area contributed by atoms with Crippen molar-refractivity contribution in [1.29, 1.82) is 0 Å². The number of carbonyl (C=O) groups excluding carboxylic acids is 1. The summed E-state index contributed by atoms with van der Waals surface area (Å²) in [4.78, 5) is 12.6. The Morgan fingerprint density at radius 1 is 1.05 bits per heavy atom. The standard InChI is InChI=1S/C16H15N3O2/c1-19-15(20)16(18-21,13-10-6-3-7-11-13)14(17-19)12-8-4-2-5-9-12/h2-11,18,21H,1H3. The molecule has 1 unspecified atom stereocenters. The molecule has 1 atom stereocenters. The number of hydrogen-bond acceptors (Lipinski definition) is 4. The van der Waals surface area contributed by atoms with Crippen LogP contribution in [0.1, 0.15) is 11.1 Å². The van der Waals surface area contributed by atoms with Crippen molar-refractivity contribution in [2.75, 3.05) is 7.05 Å². The lowest BCUT2D eigenvalue weighted by Gasteiger charge is -2.27. The summed E-state index contributed by atoms with van der Waals surface area (Å²) in [5, 5.41) is 15.4. The molecule has 1 aliphatic rings. The summed E-state index contributed by atoms with van der Waals surface area (Å²) in [7, 11) is 1.58. The van der Waals surface area contributed by atoms with Crippen LogP contribution >= 0.6 is 0 Å². The van der Waals surface area contributed by atoms with Crippen molar-refractivity contribution in [2.45, 2.75) is 5.54 Å². The molecule has 2 N–H and O–H groups in total. The van der Waals surface area contributed by atoms with E-state index in [1.165, 1.54) is 5.01 Å². The summed E-state index contributed by atoms with van der Waals surface area (Å²) < 4.78 is 0. The maximum absolute atomic E-state index is 12.6. The predicted molar refractivity (Wildman–Crippen MR) is 78.8 cm³/mol. The minimum absolute atomic E-state index is 0.324. The summed E-state index contributed by atoms with van der Waals surface area (Å²) in [5.41, 5.74) is 2.72. The second-order valence-electron chi connectivity index (χ2n) is 4.87. The molecule has 1 aliphatic heterocycles. The third kappa shape index (κ3) is 1.94. The van der Waals surface area contributed by atoms with Gasteiger partial charge in [-0.3, -0.25) is 4.79 Å². The minimum Gasteiger partial charge on any atom is -0.315 e. The van der Waals surface area contributed by atoms with Gasteiger partial charge in [-0.25, -0.2) is 5.01 Å². The highest BCUT2D eigenvalue weighted by Crippen LogP contribution is 2.33. The summed E-state index contributed by atoms with van der Waals surface area (Å²) >= 11 is 0. The van der Waals surface area contributed by atoms with Gasteiger partial charge in [0.1, 0.15) is 5.71 Å². The highest BCUT2D eigenvalue weighted by Gasteiger charge is 2.52. The van der Waals surface area contributed by atoms with Gasteiger partial charge in [0, 0.05) is 12.6 Å². The van der Waals surface area contributed by atoms with Gasteiger partial charge in [-0.1, -0.05) is 60.7 Å². The molecule has 3 rings (SSSR count). The fraction of sp³-hybridized carbons (Fsp3) is 0.125. The van der Waals surface area contributed by atoms with Crippen molar-refractivity contribution in [2.24, 2.45) is 5.10 Å². The largest absolute Gasteiger partial charge is 0.315 e. The van der Waals surface area contributed by atoms with E-state index >= 15 is 0 Å². The highest BCUT2D eigenvalue weighted by atomic mass is 16.5. The van der Waals surface area contributed by atoms with Crippen molar-refractivity contribution in [3.63, 3.8) is 0 Å². The second kappa shape index (κ2) is 5.12. The van der Waals surface area contributed by atoms with Crippen LogP contribution in [0.25, 0.3) is 0 Å². The van der Waals surface area contributed by atoms with E-state index in [0.717, 1.165) is 5.56 Å². The number of benzene rings is 2. The van der Waals surface area contributed by atoms with E-state index < -0.39 is 5.54 Å². The molecule has 5 heteroatoms. The topological polar surface area (TPSA) is 64.9 Å². The van der Waals surface area contributed by atoms with E-state index in [-0.39, 0.29) is 5.91 Å². The molecule has 21 heavy (non-hydrogen) atoms. The molecule has 1 heterocycles. The minimum atomic E-state index is -1.38. The fourth-order valence-corrected chi connectivity index (χ4v) is 2.60. The third-order valence-electron chi connectivity index (χ3n) is 3.64. The Balaban J connectivity index is 2.22. The molecule has 0 saturated heterocycles. The molecule has 2 aromatic carbocycles. The summed E-state index contributed by atoms with van der Waals surface area (Å²) in [6, 6.07) is 18.4. The van der Waals surface area contributed by atoms with E-state index in [4.69, 9.17) is 0 Å². The van der Waals surface area contributed by atoms with Crippen molar-refractivity contribution < 1.29 is 10.0 Å². The highest BCUT2D eigenvalue weighted by molar-refractivity contribution is 6.23. The SMILES string of the molecule is CN1N=C(c2ccccc2)C(NO)(c2ccccc2)C1=O. The molecule has 2 aromatic rings. The van der Waals surface area contributed by atoms with Gasteiger partial charge < -0.3 is 5.21 Å². The summed E-state index contributed by atoms with van der Waals surface area (Å²) in [5.74, 6) is -0.324. The number of carbonyl (C=O) groups is 1. The van der Waals surface area contributed by atoms with Gasteiger partial charge in [0.05, 0.1) is 0 Å². The molecule has 0 spiro atoms.